The first-order valence-corrected chi connectivity index (χ1v) is 11.0. The number of rotatable bonds is 6. The molecule has 0 fully saturated rings. The number of methoxy groups -OCH3 is 1. The number of halogens is 1. The first kappa shape index (κ1) is 21.2. The zero-order chi connectivity index (χ0) is 22.0. The zero-order valence-corrected chi connectivity index (χ0v) is 18.9. The highest BCUT2D eigenvalue weighted by Crippen LogP contribution is 2.41. The number of nitrogens with one attached hydrogen (secondary N) is 1. The Morgan fingerprint density at radius 2 is 2.10 bits per heavy atom. The second-order valence-corrected chi connectivity index (χ2v) is 8.07. The molecule has 0 bridgehead atoms. The molecular weight excluding hydrogens is 488 g/mol. The summed E-state index contributed by atoms with van der Waals surface area (Å²) in [6.07, 6.45) is 1.25. The quantitative estimate of drug-likeness (QED) is 0.477. The maximum absolute atomic E-state index is 10.8. The maximum atomic E-state index is 10.8. The molecule has 2 N–H and O–H groups in total. The van der Waals surface area contributed by atoms with Crippen molar-refractivity contribution < 1.29 is 24.1 Å². The molecule has 3 aromatic rings. The van der Waals surface area contributed by atoms with Gasteiger partial charge in [-0.3, -0.25) is 0 Å². The fourth-order valence-corrected chi connectivity index (χ4v) is 3.67. The van der Waals surface area contributed by atoms with Gasteiger partial charge < -0.3 is 24.6 Å². The number of carboxylic acids is 1. The van der Waals surface area contributed by atoms with Crippen LogP contribution in [0.3, 0.4) is 0 Å². The minimum absolute atomic E-state index is 0.320. The lowest BCUT2D eigenvalue weighted by Gasteiger charge is -2.20. The van der Waals surface area contributed by atoms with Gasteiger partial charge >= 0.3 is 5.97 Å². The highest BCUT2D eigenvalue weighted by Gasteiger charge is 2.27. The van der Waals surface area contributed by atoms with E-state index >= 15 is 0 Å². The normalized spacial score (nSPS) is 14.4. The Balaban J connectivity index is 1.76. The monoisotopic (exact) mass is 504 g/mol. The van der Waals surface area contributed by atoms with Crippen LogP contribution >= 0.6 is 27.7 Å². The molecule has 0 unspecified atom stereocenters. The zero-order valence-electron chi connectivity index (χ0n) is 16.5. The van der Waals surface area contributed by atoms with E-state index in [9.17, 15) is 4.79 Å². The third-order valence-corrected chi connectivity index (χ3v) is 5.44. The van der Waals surface area contributed by atoms with E-state index in [0.29, 0.717) is 28.2 Å². The average molecular weight is 505 g/mol. The van der Waals surface area contributed by atoms with Crippen molar-refractivity contribution in [2.24, 2.45) is 0 Å². The highest BCUT2D eigenvalue weighted by molar-refractivity contribution is 9.10. The number of nitrogens with zero attached hydrogens (tertiary/aromatic N) is 3. The molecule has 1 aliphatic rings. The Morgan fingerprint density at radius 1 is 1.26 bits per heavy atom. The van der Waals surface area contributed by atoms with E-state index in [2.05, 4.69) is 36.4 Å². The number of ether oxygens (including phenoxy) is 3. The van der Waals surface area contributed by atoms with Crippen LogP contribution in [0.5, 0.6) is 17.4 Å². The van der Waals surface area contributed by atoms with Crippen LogP contribution in [0.15, 0.2) is 46.0 Å². The number of hydrogen-bond donors (Lipinski definition) is 2. The predicted molar refractivity (Wildman–Crippen MR) is 118 cm³/mol. The Bertz CT molecular complexity index is 1150. The smallest absolute Gasteiger partial charge is 0.341 e. The van der Waals surface area contributed by atoms with Gasteiger partial charge in [-0.2, -0.15) is 4.98 Å². The van der Waals surface area contributed by atoms with Gasteiger partial charge in [0.05, 0.1) is 7.11 Å². The molecule has 9 nitrogen and oxygen atoms in total. The molecular formula is C20H17BrN4O5S. The summed E-state index contributed by atoms with van der Waals surface area (Å²) in [5.41, 5.74) is 2.85. The van der Waals surface area contributed by atoms with E-state index in [4.69, 9.17) is 19.3 Å². The van der Waals surface area contributed by atoms with E-state index in [-0.39, 0.29) is 0 Å². The molecule has 0 radical (unpaired) electrons. The van der Waals surface area contributed by atoms with Gasteiger partial charge in [0.25, 0.3) is 0 Å². The molecule has 0 aliphatic carbocycles. The number of aromatic nitrogens is 3. The summed E-state index contributed by atoms with van der Waals surface area (Å²) < 4.78 is 17.8. The van der Waals surface area contributed by atoms with Crippen molar-refractivity contribution in [2.45, 2.75) is 11.4 Å². The molecule has 11 heteroatoms. The molecule has 2 heterocycles. The van der Waals surface area contributed by atoms with E-state index in [0.717, 1.165) is 21.3 Å². The van der Waals surface area contributed by atoms with Gasteiger partial charge in [0, 0.05) is 21.3 Å². The Kier molecular flexibility index (Phi) is 6.14. The average Bonchev–Trinajstić information content (AvgIpc) is 2.93. The van der Waals surface area contributed by atoms with Crippen LogP contribution in [0, 0.1) is 0 Å². The Labute approximate surface area is 190 Å². The van der Waals surface area contributed by atoms with Crippen molar-refractivity contribution in [3.05, 3.63) is 46.4 Å². The first-order valence-electron chi connectivity index (χ1n) is 9.03. The molecule has 31 heavy (non-hydrogen) atoms. The summed E-state index contributed by atoms with van der Waals surface area (Å²) in [7, 11) is 1.48. The minimum atomic E-state index is -1.07. The van der Waals surface area contributed by atoms with Crippen molar-refractivity contribution >= 4 is 39.3 Å². The van der Waals surface area contributed by atoms with Crippen molar-refractivity contribution in [2.75, 3.05) is 25.3 Å². The molecule has 1 atom stereocenters. The van der Waals surface area contributed by atoms with E-state index in [1.54, 1.807) is 18.2 Å². The highest BCUT2D eigenvalue weighted by atomic mass is 79.9. The third-order valence-electron chi connectivity index (χ3n) is 4.41. The molecule has 4 rings (SSSR count). The minimum Gasteiger partial charge on any atom is -0.493 e. The van der Waals surface area contributed by atoms with Gasteiger partial charge in [0.15, 0.2) is 30.0 Å². The predicted octanol–water partition coefficient (Wildman–Crippen LogP) is 4.00. The second kappa shape index (κ2) is 8.98. The first-order chi connectivity index (χ1) is 15.0. The van der Waals surface area contributed by atoms with Gasteiger partial charge in [0.1, 0.15) is 0 Å². The number of fused-ring (bicyclic) bond motifs is 3. The fraction of sp³-hybridized carbons (Fsp3) is 0.200. The number of hydrogen-bond acceptors (Lipinski definition) is 9. The molecule has 0 spiro atoms. The summed E-state index contributed by atoms with van der Waals surface area (Å²) in [4.78, 5) is 15.3. The van der Waals surface area contributed by atoms with Crippen LogP contribution in [0.25, 0.3) is 11.3 Å². The lowest BCUT2D eigenvalue weighted by atomic mass is 10.1. The number of carbonyl (C=O) groups is 1. The van der Waals surface area contributed by atoms with Crippen LogP contribution in [0.2, 0.25) is 0 Å². The molecule has 0 saturated heterocycles. The summed E-state index contributed by atoms with van der Waals surface area (Å²) in [6.45, 7) is -0.469. The summed E-state index contributed by atoms with van der Waals surface area (Å²) in [5.74, 6) is -0.0224. The largest absolute Gasteiger partial charge is 0.493 e. The molecule has 1 aromatic heterocycles. The van der Waals surface area contributed by atoms with Crippen LogP contribution in [-0.2, 0) is 4.79 Å². The number of anilines is 1. The van der Waals surface area contributed by atoms with Gasteiger partial charge in [0.2, 0.25) is 11.0 Å². The second-order valence-electron chi connectivity index (χ2n) is 6.38. The van der Waals surface area contributed by atoms with Crippen LogP contribution in [-0.4, -0.2) is 46.2 Å². The van der Waals surface area contributed by atoms with Gasteiger partial charge in [-0.15, -0.1) is 10.2 Å². The van der Waals surface area contributed by atoms with Gasteiger partial charge in [-0.05, 0) is 42.7 Å². The summed E-state index contributed by atoms with van der Waals surface area (Å²) in [5, 5.41) is 21.2. The number of carboxylic acid groups (broad SMARTS) is 1. The lowest BCUT2D eigenvalue weighted by Crippen LogP contribution is -2.17. The summed E-state index contributed by atoms with van der Waals surface area (Å²) in [6, 6.07) is 10.9. The van der Waals surface area contributed by atoms with E-state index < -0.39 is 18.8 Å². The maximum Gasteiger partial charge on any atom is 0.341 e. The molecule has 1 aliphatic heterocycles. The van der Waals surface area contributed by atoms with E-state index in [1.165, 1.54) is 18.9 Å². The number of aliphatic carboxylic acids is 1. The Hall–Kier alpha value is -3.05. The SMILES string of the molecule is COc1cc([C@@H]2Nc3ccc(Br)cc3-c3nnc(SC)nc3O2)ccc1OCC(=O)O. The molecule has 0 saturated carbocycles. The van der Waals surface area contributed by atoms with Crippen molar-refractivity contribution in [1.29, 1.82) is 0 Å². The third kappa shape index (κ3) is 4.52. The number of benzene rings is 2. The molecule has 0 amide bonds. The molecule has 160 valence electrons. The van der Waals surface area contributed by atoms with Gasteiger partial charge in [-0.1, -0.05) is 27.7 Å². The number of thioether (sulfide) groups is 1. The van der Waals surface area contributed by atoms with Crippen molar-refractivity contribution in [3.63, 3.8) is 0 Å². The molecule has 2 aromatic carbocycles. The van der Waals surface area contributed by atoms with E-state index in [1.807, 2.05) is 24.5 Å². The van der Waals surface area contributed by atoms with Crippen molar-refractivity contribution in [3.8, 4) is 28.6 Å². The topological polar surface area (TPSA) is 116 Å². The lowest BCUT2D eigenvalue weighted by molar-refractivity contribution is -0.139. The fourth-order valence-electron chi connectivity index (χ4n) is 3.01. The Morgan fingerprint density at radius 3 is 2.84 bits per heavy atom. The van der Waals surface area contributed by atoms with Crippen molar-refractivity contribution in [1.82, 2.24) is 15.2 Å². The van der Waals surface area contributed by atoms with Crippen LogP contribution in [0.1, 0.15) is 11.8 Å². The van der Waals surface area contributed by atoms with Gasteiger partial charge in [-0.25, -0.2) is 4.79 Å². The standard InChI is InChI=1S/C20H17BrN4O5S/c1-28-15-7-10(3-6-14(15)29-9-16(26)27)18-22-13-5-4-11(21)8-12(13)17-19(30-18)23-20(31-2)25-24-17/h3-8,18,22H,9H2,1-2H3,(H,26,27)/t18-/m1/s1. The summed E-state index contributed by atoms with van der Waals surface area (Å²) >= 11 is 4.86. The van der Waals surface area contributed by atoms with Crippen LogP contribution < -0.4 is 19.5 Å². The van der Waals surface area contributed by atoms with Crippen LogP contribution in [0.4, 0.5) is 5.69 Å².